The molecule has 0 aliphatic heterocycles. The first-order chi connectivity index (χ1) is 13.8. The van der Waals surface area contributed by atoms with E-state index in [4.69, 9.17) is 0 Å². The Kier molecular flexibility index (Phi) is 26.0. The maximum absolute atomic E-state index is 11.9. The average molecular weight is 461 g/mol. The van der Waals surface area contributed by atoms with E-state index in [0.717, 1.165) is 19.3 Å². The van der Waals surface area contributed by atoms with Crippen LogP contribution in [-0.2, 0) is 14.4 Å². The summed E-state index contributed by atoms with van der Waals surface area (Å²) in [5.74, 6) is -5.84. The number of aliphatic hydroxyl groups excluding tert-OH is 1. The number of unbranched alkanes of at least 4 members (excludes halogenated alkanes) is 14. The van der Waals surface area contributed by atoms with Gasteiger partial charge in [-0.15, -0.1) is 0 Å². The number of carboxylic acid groups (broad SMARTS) is 2. The summed E-state index contributed by atoms with van der Waals surface area (Å²) in [6.45, 7) is 2.22. The van der Waals surface area contributed by atoms with Gasteiger partial charge in [0.05, 0.1) is 11.9 Å². The molecule has 170 valence electrons. The van der Waals surface area contributed by atoms with Crippen molar-refractivity contribution in [1.82, 2.24) is 0 Å². The van der Waals surface area contributed by atoms with Crippen LogP contribution in [0.15, 0.2) is 0 Å². The van der Waals surface area contributed by atoms with E-state index in [1.807, 2.05) is 0 Å². The molecule has 2 unspecified atom stereocenters. The molecule has 0 aromatic heterocycles. The summed E-state index contributed by atoms with van der Waals surface area (Å²) in [5.41, 5.74) is -3.46. The largest absolute Gasteiger partial charge is 1.00 e. The molecule has 2 atom stereocenters. The van der Waals surface area contributed by atoms with Crippen molar-refractivity contribution in [2.24, 2.45) is 0 Å². The molecule has 31 heavy (non-hydrogen) atoms. The molecular formula is C22H38Na2O7. The second-order valence-electron chi connectivity index (χ2n) is 7.90. The Morgan fingerprint density at radius 2 is 1.03 bits per heavy atom. The van der Waals surface area contributed by atoms with E-state index in [-0.39, 0.29) is 65.5 Å². The third-order valence-electron chi connectivity index (χ3n) is 5.36. The molecule has 0 rings (SSSR count). The SMILES string of the molecule is CCCCCCCCCCCCCCCCCC(=O)C(O)(C(=O)[O-])C(O)C(=O)[O-].[Na+].[Na+]. The molecule has 0 bridgehead atoms. The van der Waals surface area contributed by atoms with E-state index in [9.17, 15) is 34.8 Å². The number of Topliss-reactive ketones (excluding diaryl/α,β-unsaturated/α-hetero) is 1. The van der Waals surface area contributed by atoms with E-state index < -0.39 is 29.4 Å². The van der Waals surface area contributed by atoms with Crippen molar-refractivity contribution in [2.75, 3.05) is 0 Å². The third kappa shape index (κ3) is 15.9. The Labute approximate surface area is 231 Å². The molecule has 0 fully saturated rings. The second kappa shape index (κ2) is 22.3. The number of aliphatic carboxylic acids is 2. The van der Waals surface area contributed by atoms with Crippen LogP contribution in [0.5, 0.6) is 0 Å². The number of carbonyl (C=O) groups is 3. The van der Waals surface area contributed by atoms with Gasteiger partial charge in [0.1, 0.15) is 6.10 Å². The van der Waals surface area contributed by atoms with Gasteiger partial charge in [0.2, 0.25) is 0 Å². The Bertz CT molecular complexity index is 488. The van der Waals surface area contributed by atoms with Gasteiger partial charge in [0.15, 0.2) is 11.4 Å². The number of ketones is 1. The van der Waals surface area contributed by atoms with Crippen LogP contribution >= 0.6 is 0 Å². The third-order valence-corrected chi connectivity index (χ3v) is 5.36. The van der Waals surface area contributed by atoms with Gasteiger partial charge in [-0.05, 0) is 6.42 Å². The predicted molar refractivity (Wildman–Crippen MR) is 106 cm³/mol. The summed E-state index contributed by atoms with van der Waals surface area (Å²) in [6.07, 6.45) is 13.7. The topological polar surface area (TPSA) is 138 Å². The molecule has 0 saturated carbocycles. The summed E-state index contributed by atoms with van der Waals surface area (Å²) in [7, 11) is 0. The molecule has 0 radical (unpaired) electrons. The van der Waals surface area contributed by atoms with Gasteiger partial charge in [-0.3, -0.25) is 4.79 Å². The van der Waals surface area contributed by atoms with Gasteiger partial charge in [0, 0.05) is 6.42 Å². The quantitative estimate of drug-likeness (QED) is 0.106. The smallest absolute Gasteiger partial charge is 0.547 e. The Morgan fingerprint density at radius 1 is 0.710 bits per heavy atom. The molecule has 7 nitrogen and oxygen atoms in total. The number of carboxylic acids is 2. The molecule has 0 spiro atoms. The zero-order valence-corrected chi connectivity index (χ0v) is 23.8. The van der Waals surface area contributed by atoms with Crippen LogP contribution in [0, 0.1) is 0 Å². The molecule has 0 aliphatic rings. The predicted octanol–water partition coefficient (Wildman–Crippen LogP) is -4.58. The number of hydrogen-bond acceptors (Lipinski definition) is 7. The summed E-state index contributed by atoms with van der Waals surface area (Å²) in [6, 6.07) is 0. The van der Waals surface area contributed by atoms with Crippen molar-refractivity contribution >= 4 is 17.7 Å². The van der Waals surface area contributed by atoms with Gasteiger partial charge in [-0.2, -0.15) is 0 Å². The van der Waals surface area contributed by atoms with E-state index in [2.05, 4.69) is 6.92 Å². The van der Waals surface area contributed by atoms with E-state index in [1.54, 1.807) is 0 Å². The summed E-state index contributed by atoms with van der Waals surface area (Å²) < 4.78 is 0. The normalized spacial score (nSPS) is 13.4. The van der Waals surface area contributed by atoms with Crippen molar-refractivity contribution < 1.29 is 93.9 Å². The molecular weight excluding hydrogens is 422 g/mol. The first kappa shape index (κ1) is 36.1. The fourth-order valence-corrected chi connectivity index (χ4v) is 3.40. The number of hydrogen-bond donors (Lipinski definition) is 2. The molecule has 0 amide bonds. The van der Waals surface area contributed by atoms with Crippen molar-refractivity contribution in [3.8, 4) is 0 Å². The Balaban J connectivity index is -0.00000392. The van der Waals surface area contributed by atoms with E-state index >= 15 is 0 Å². The van der Waals surface area contributed by atoms with Gasteiger partial charge < -0.3 is 30.0 Å². The minimum atomic E-state index is -3.46. The van der Waals surface area contributed by atoms with Crippen molar-refractivity contribution in [2.45, 2.75) is 121 Å². The molecule has 2 N–H and O–H groups in total. The van der Waals surface area contributed by atoms with Crippen molar-refractivity contribution in [3.05, 3.63) is 0 Å². The van der Waals surface area contributed by atoms with E-state index in [0.29, 0.717) is 12.8 Å². The number of carbonyl (C=O) groups excluding carboxylic acids is 3. The zero-order valence-electron chi connectivity index (χ0n) is 19.8. The standard InChI is InChI=1S/C22H40O7.2Na/c1-2-3-4-5-6-7-8-9-10-11-12-13-14-15-16-17-18(23)22(29,21(27)28)19(24)20(25)26;;/h19,24,29H,2-17H2,1H3,(H,25,26)(H,27,28);;/q;2*+1/p-2. The molecule has 0 aromatic carbocycles. The first-order valence-electron chi connectivity index (χ1n) is 11.1. The molecule has 0 heterocycles. The fraction of sp³-hybridized carbons (Fsp3) is 0.864. The van der Waals surface area contributed by atoms with Gasteiger partial charge >= 0.3 is 59.1 Å². The minimum absolute atomic E-state index is 0. The van der Waals surface area contributed by atoms with Crippen molar-refractivity contribution in [1.29, 1.82) is 0 Å². The van der Waals surface area contributed by atoms with Crippen LogP contribution in [0.1, 0.15) is 110 Å². The number of rotatable bonds is 20. The maximum Gasteiger partial charge on any atom is 1.00 e. The van der Waals surface area contributed by atoms with Crippen LogP contribution in [0.3, 0.4) is 0 Å². The molecule has 0 aliphatic carbocycles. The monoisotopic (exact) mass is 460 g/mol. The maximum atomic E-state index is 11.9. The summed E-state index contributed by atoms with van der Waals surface area (Å²) in [4.78, 5) is 33.4. The Hall–Kier alpha value is 0.530. The van der Waals surface area contributed by atoms with Gasteiger partial charge in [-0.25, -0.2) is 0 Å². The molecule has 0 aromatic rings. The van der Waals surface area contributed by atoms with Crippen LogP contribution in [0.4, 0.5) is 0 Å². The molecule has 0 saturated heterocycles. The van der Waals surface area contributed by atoms with Crippen LogP contribution in [0.25, 0.3) is 0 Å². The zero-order chi connectivity index (χ0) is 22.1. The average Bonchev–Trinajstić information content (AvgIpc) is 2.69. The van der Waals surface area contributed by atoms with Crippen LogP contribution in [0.2, 0.25) is 0 Å². The van der Waals surface area contributed by atoms with Gasteiger partial charge in [0.25, 0.3) is 0 Å². The summed E-state index contributed by atoms with van der Waals surface area (Å²) in [5, 5.41) is 40.5. The van der Waals surface area contributed by atoms with Crippen LogP contribution < -0.4 is 69.3 Å². The van der Waals surface area contributed by atoms with Gasteiger partial charge in [-0.1, -0.05) is 96.8 Å². The van der Waals surface area contributed by atoms with Crippen molar-refractivity contribution in [3.63, 3.8) is 0 Å². The first-order valence-corrected chi connectivity index (χ1v) is 11.1. The fourth-order valence-electron chi connectivity index (χ4n) is 3.40. The second-order valence-corrected chi connectivity index (χ2v) is 7.90. The Morgan fingerprint density at radius 3 is 1.32 bits per heavy atom. The van der Waals surface area contributed by atoms with Crippen LogP contribution in [-0.4, -0.2) is 39.6 Å². The number of aliphatic hydroxyl groups is 2. The summed E-state index contributed by atoms with van der Waals surface area (Å²) >= 11 is 0. The van der Waals surface area contributed by atoms with E-state index in [1.165, 1.54) is 64.2 Å². The molecule has 9 heteroatoms. The minimum Gasteiger partial charge on any atom is -0.547 e.